The van der Waals surface area contributed by atoms with E-state index < -0.39 is 0 Å². The minimum Gasteiger partial charge on any atom is -0.460 e. The predicted molar refractivity (Wildman–Crippen MR) is 70.6 cm³/mol. The largest absolute Gasteiger partial charge is 0.460 e. The number of carbonyl (C=O) groups excluding carboxylic acids is 1. The van der Waals surface area contributed by atoms with Crippen LogP contribution in [0.5, 0.6) is 0 Å². The molecule has 0 saturated heterocycles. The highest BCUT2D eigenvalue weighted by Gasteiger charge is 2.06. The fraction of sp³-hybridized carbons (Fsp3) is 0.500. The molecule has 2 N–H and O–H groups in total. The van der Waals surface area contributed by atoms with Crippen LogP contribution in [0.1, 0.15) is 29.8 Å². The molecule has 100 valence electrons. The molecule has 0 heterocycles. The molecule has 0 spiro atoms. The number of carbonyl (C=O) groups is 1. The summed E-state index contributed by atoms with van der Waals surface area (Å²) in [6, 6.07) is 7.31. The summed E-state index contributed by atoms with van der Waals surface area (Å²) in [5, 5.41) is 0. The lowest BCUT2D eigenvalue weighted by Crippen LogP contribution is -2.13. The van der Waals surface area contributed by atoms with Crippen molar-refractivity contribution in [2.75, 3.05) is 19.8 Å². The number of ether oxygens (including phenoxy) is 2. The Labute approximate surface area is 108 Å². The van der Waals surface area contributed by atoms with Crippen molar-refractivity contribution in [3.8, 4) is 0 Å². The second-order valence-corrected chi connectivity index (χ2v) is 4.29. The van der Waals surface area contributed by atoms with E-state index in [2.05, 4.69) is 0 Å². The maximum absolute atomic E-state index is 11.7. The Morgan fingerprint density at radius 3 is 2.44 bits per heavy atom. The molecule has 4 heteroatoms. The Morgan fingerprint density at radius 2 is 1.89 bits per heavy atom. The molecule has 1 rings (SSSR count). The van der Waals surface area contributed by atoms with E-state index in [4.69, 9.17) is 15.2 Å². The van der Waals surface area contributed by atoms with Crippen molar-refractivity contribution in [1.82, 2.24) is 0 Å². The highest BCUT2D eigenvalue weighted by atomic mass is 16.6. The van der Waals surface area contributed by atoms with Gasteiger partial charge in [0.2, 0.25) is 0 Å². The molecule has 0 atom stereocenters. The number of hydrogen-bond acceptors (Lipinski definition) is 4. The topological polar surface area (TPSA) is 61.5 Å². The average molecular weight is 251 g/mol. The van der Waals surface area contributed by atoms with Gasteiger partial charge in [-0.15, -0.1) is 0 Å². The molecular weight excluding hydrogens is 230 g/mol. The van der Waals surface area contributed by atoms with Crippen LogP contribution in [0.15, 0.2) is 24.3 Å². The maximum Gasteiger partial charge on any atom is 0.338 e. The zero-order chi connectivity index (χ0) is 13.4. The predicted octanol–water partition coefficient (Wildman–Crippen LogP) is 1.77. The molecule has 0 aliphatic heterocycles. The third-order valence-electron chi connectivity index (χ3n) is 2.39. The molecule has 18 heavy (non-hydrogen) atoms. The second-order valence-electron chi connectivity index (χ2n) is 4.29. The second kappa shape index (κ2) is 7.84. The van der Waals surface area contributed by atoms with E-state index in [1.54, 1.807) is 12.1 Å². The zero-order valence-corrected chi connectivity index (χ0v) is 11.0. The van der Waals surface area contributed by atoms with Gasteiger partial charge in [-0.2, -0.15) is 0 Å². The molecule has 0 aliphatic rings. The van der Waals surface area contributed by atoms with Gasteiger partial charge in [-0.05, 0) is 44.5 Å². The van der Waals surface area contributed by atoms with Crippen LogP contribution >= 0.6 is 0 Å². The van der Waals surface area contributed by atoms with E-state index in [-0.39, 0.29) is 18.7 Å². The quantitative estimate of drug-likeness (QED) is 0.592. The van der Waals surface area contributed by atoms with Crippen LogP contribution in [0.2, 0.25) is 0 Å². The van der Waals surface area contributed by atoms with E-state index >= 15 is 0 Å². The molecule has 1 aromatic rings. The van der Waals surface area contributed by atoms with E-state index in [1.165, 1.54) is 0 Å². The van der Waals surface area contributed by atoms with E-state index in [1.807, 2.05) is 26.0 Å². The lowest BCUT2D eigenvalue weighted by Gasteiger charge is -2.08. The van der Waals surface area contributed by atoms with Crippen LogP contribution in [0.25, 0.3) is 0 Å². The Kier molecular flexibility index (Phi) is 6.39. The third-order valence-corrected chi connectivity index (χ3v) is 2.39. The molecule has 0 amide bonds. The Bertz CT molecular complexity index is 360. The zero-order valence-electron chi connectivity index (χ0n) is 11.0. The summed E-state index contributed by atoms with van der Waals surface area (Å²) in [5.74, 6) is -0.318. The smallest absolute Gasteiger partial charge is 0.338 e. The van der Waals surface area contributed by atoms with Crippen molar-refractivity contribution >= 4 is 5.97 Å². The van der Waals surface area contributed by atoms with Crippen LogP contribution in [0.3, 0.4) is 0 Å². The summed E-state index contributed by atoms with van der Waals surface area (Å²) >= 11 is 0. The molecule has 0 aliphatic carbocycles. The number of rotatable bonds is 7. The Hall–Kier alpha value is -1.39. The first kappa shape index (κ1) is 14.7. The van der Waals surface area contributed by atoms with Crippen LogP contribution in [-0.4, -0.2) is 31.8 Å². The van der Waals surface area contributed by atoms with E-state index in [9.17, 15) is 4.79 Å². The van der Waals surface area contributed by atoms with Crippen molar-refractivity contribution < 1.29 is 14.3 Å². The minimum atomic E-state index is -0.318. The van der Waals surface area contributed by atoms with Gasteiger partial charge in [0, 0.05) is 0 Å². The van der Waals surface area contributed by atoms with Crippen molar-refractivity contribution in [3.63, 3.8) is 0 Å². The number of benzene rings is 1. The van der Waals surface area contributed by atoms with Crippen molar-refractivity contribution in [2.45, 2.75) is 26.4 Å². The molecule has 0 unspecified atom stereocenters. The molecule has 0 fully saturated rings. The lowest BCUT2D eigenvalue weighted by molar-refractivity contribution is 0.0177. The van der Waals surface area contributed by atoms with Gasteiger partial charge in [0.15, 0.2) is 0 Å². The Morgan fingerprint density at radius 1 is 1.22 bits per heavy atom. The number of hydrogen-bond donors (Lipinski definition) is 1. The van der Waals surface area contributed by atoms with E-state index in [0.29, 0.717) is 18.7 Å². The van der Waals surface area contributed by atoms with Gasteiger partial charge in [0.05, 0.1) is 18.3 Å². The summed E-state index contributed by atoms with van der Waals surface area (Å²) < 4.78 is 10.4. The highest BCUT2D eigenvalue weighted by molar-refractivity contribution is 5.89. The molecule has 4 nitrogen and oxygen atoms in total. The lowest BCUT2D eigenvalue weighted by atomic mass is 10.1. The van der Waals surface area contributed by atoms with Gasteiger partial charge < -0.3 is 15.2 Å². The van der Waals surface area contributed by atoms with Gasteiger partial charge in [-0.3, -0.25) is 0 Å². The average Bonchev–Trinajstić information content (AvgIpc) is 2.35. The molecule has 1 aromatic carbocycles. The summed E-state index contributed by atoms with van der Waals surface area (Å²) in [4.78, 5) is 11.7. The summed E-state index contributed by atoms with van der Waals surface area (Å²) in [6.07, 6.45) is 0.969. The SMILES string of the molecule is CC(C)OCCOC(=O)c1ccc(CCN)cc1. The normalized spacial score (nSPS) is 10.7. The van der Waals surface area contributed by atoms with Gasteiger partial charge >= 0.3 is 5.97 Å². The molecule has 0 aromatic heterocycles. The summed E-state index contributed by atoms with van der Waals surface area (Å²) in [5.41, 5.74) is 7.14. The van der Waals surface area contributed by atoms with E-state index in [0.717, 1.165) is 12.0 Å². The van der Waals surface area contributed by atoms with Gasteiger partial charge in [-0.1, -0.05) is 12.1 Å². The first-order valence-electron chi connectivity index (χ1n) is 6.21. The molecule has 0 saturated carbocycles. The monoisotopic (exact) mass is 251 g/mol. The van der Waals surface area contributed by atoms with Crippen LogP contribution < -0.4 is 5.73 Å². The number of nitrogens with two attached hydrogens (primary N) is 1. The molecule has 0 bridgehead atoms. The number of esters is 1. The van der Waals surface area contributed by atoms with Gasteiger partial charge in [0.25, 0.3) is 0 Å². The first-order valence-corrected chi connectivity index (χ1v) is 6.21. The standard InChI is InChI=1S/C14H21NO3/c1-11(2)17-9-10-18-14(16)13-5-3-12(4-6-13)7-8-15/h3-6,11H,7-10,15H2,1-2H3. The van der Waals surface area contributed by atoms with Crippen molar-refractivity contribution in [2.24, 2.45) is 5.73 Å². The van der Waals surface area contributed by atoms with Crippen LogP contribution in [0.4, 0.5) is 0 Å². The fourth-order valence-corrected chi connectivity index (χ4v) is 1.48. The van der Waals surface area contributed by atoms with Gasteiger partial charge in [-0.25, -0.2) is 4.79 Å². The fourth-order valence-electron chi connectivity index (χ4n) is 1.48. The summed E-state index contributed by atoms with van der Waals surface area (Å²) in [6.45, 7) is 5.20. The van der Waals surface area contributed by atoms with Crippen molar-refractivity contribution in [1.29, 1.82) is 0 Å². The van der Waals surface area contributed by atoms with Crippen molar-refractivity contribution in [3.05, 3.63) is 35.4 Å². The minimum absolute atomic E-state index is 0.152. The van der Waals surface area contributed by atoms with Crippen LogP contribution in [-0.2, 0) is 15.9 Å². The summed E-state index contributed by atoms with van der Waals surface area (Å²) in [7, 11) is 0. The molecule has 0 radical (unpaired) electrons. The Balaban J connectivity index is 2.37. The highest BCUT2D eigenvalue weighted by Crippen LogP contribution is 2.06. The molecular formula is C14H21NO3. The van der Waals surface area contributed by atoms with Crippen LogP contribution in [0, 0.1) is 0 Å². The van der Waals surface area contributed by atoms with Gasteiger partial charge in [0.1, 0.15) is 6.61 Å². The maximum atomic E-state index is 11.7. The third kappa shape index (κ3) is 5.29. The first-order chi connectivity index (χ1) is 8.63.